The van der Waals surface area contributed by atoms with Gasteiger partial charge >= 0.3 is 0 Å². The number of carbonyl (C=O) groups excluding carboxylic acids is 1. The molecular weight excluding hydrogens is 378 g/mol. The van der Waals surface area contributed by atoms with Crippen LogP contribution in [0.3, 0.4) is 0 Å². The first-order valence-electron chi connectivity index (χ1n) is 9.40. The van der Waals surface area contributed by atoms with Gasteiger partial charge in [-0.2, -0.15) is 0 Å². The van der Waals surface area contributed by atoms with E-state index in [2.05, 4.69) is 10.9 Å². The smallest absolute Gasteiger partial charge is 0.242 e. The summed E-state index contributed by atoms with van der Waals surface area (Å²) in [5.74, 6) is 0.0404. The normalized spacial score (nSPS) is 26.7. The Morgan fingerprint density at radius 1 is 1.11 bits per heavy atom. The summed E-state index contributed by atoms with van der Waals surface area (Å²) in [5.41, 5.74) is 9.94. The van der Waals surface area contributed by atoms with Crippen LogP contribution < -0.4 is 10.9 Å². The van der Waals surface area contributed by atoms with Gasteiger partial charge in [0.25, 0.3) is 0 Å². The van der Waals surface area contributed by atoms with E-state index in [1.807, 2.05) is 50.2 Å². The van der Waals surface area contributed by atoms with Crippen molar-refractivity contribution in [3.8, 4) is 5.75 Å². The Kier molecular flexibility index (Phi) is 5.05. The van der Waals surface area contributed by atoms with Crippen molar-refractivity contribution in [2.24, 2.45) is 5.92 Å². The SMILES string of the molecule is Cc1cc(C)c(O)c(C2NNC3C(=O)N(CCO)C(c4ccc(Cl)cc4)C32)c1. The quantitative estimate of drug-likeness (QED) is 0.632. The molecule has 2 aliphatic heterocycles. The molecule has 4 atom stereocenters. The standard InChI is InChI=1S/C21H24ClN3O3/c1-11-9-12(2)20(27)15(10-11)17-16-18(24-23-17)21(28)25(7-8-26)19(16)13-3-5-14(22)6-4-13/h3-6,9-10,16-19,23-24,26-27H,7-8H2,1-2H3. The number of hydrazine groups is 1. The number of hydrogen-bond acceptors (Lipinski definition) is 5. The third-order valence-electron chi connectivity index (χ3n) is 5.78. The number of phenolic OH excluding ortho intramolecular Hbond substituents is 1. The molecule has 148 valence electrons. The lowest BCUT2D eigenvalue weighted by Gasteiger charge is -2.31. The zero-order valence-corrected chi connectivity index (χ0v) is 16.6. The molecule has 0 radical (unpaired) electrons. The summed E-state index contributed by atoms with van der Waals surface area (Å²) in [4.78, 5) is 14.8. The van der Waals surface area contributed by atoms with Gasteiger partial charge in [0.15, 0.2) is 0 Å². The van der Waals surface area contributed by atoms with E-state index in [0.717, 1.165) is 22.3 Å². The molecule has 0 bridgehead atoms. The summed E-state index contributed by atoms with van der Waals surface area (Å²) in [7, 11) is 0. The number of hydrogen-bond donors (Lipinski definition) is 4. The number of nitrogens with zero attached hydrogens (tertiary/aromatic N) is 1. The number of aliphatic hydroxyl groups is 1. The summed E-state index contributed by atoms with van der Waals surface area (Å²) < 4.78 is 0. The Hall–Kier alpha value is -2.12. The van der Waals surface area contributed by atoms with E-state index in [0.29, 0.717) is 5.02 Å². The van der Waals surface area contributed by atoms with E-state index in [1.165, 1.54) is 0 Å². The minimum absolute atomic E-state index is 0.0575. The summed E-state index contributed by atoms with van der Waals surface area (Å²) in [6, 6.07) is 10.4. The molecule has 7 heteroatoms. The molecule has 0 aromatic heterocycles. The average molecular weight is 402 g/mol. The van der Waals surface area contributed by atoms with Gasteiger partial charge in [-0.15, -0.1) is 0 Å². The van der Waals surface area contributed by atoms with Crippen LogP contribution in [0.4, 0.5) is 0 Å². The molecule has 2 saturated heterocycles. The van der Waals surface area contributed by atoms with Crippen LogP contribution in [0.5, 0.6) is 5.75 Å². The van der Waals surface area contributed by atoms with E-state index in [4.69, 9.17) is 11.6 Å². The summed E-state index contributed by atoms with van der Waals surface area (Å²) in [6.45, 7) is 4.01. The van der Waals surface area contributed by atoms with Crippen molar-refractivity contribution >= 4 is 17.5 Å². The summed E-state index contributed by atoms with van der Waals surface area (Å²) in [5, 5.41) is 20.9. The number of β-amino-alcohol motifs (C(OH)–C–C–N with tert-alkyl or cyclic N) is 1. The zero-order valence-electron chi connectivity index (χ0n) is 15.8. The van der Waals surface area contributed by atoms with Crippen molar-refractivity contribution in [3.63, 3.8) is 0 Å². The highest BCUT2D eigenvalue weighted by Crippen LogP contribution is 2.49. The fraction of sp³-hybridized carbons (Fsp3) is 0.381. The lowest BCUT2D eigenvalue weighted by Crippen LogP contribution is -2.42. The van der Waals surface area contributed by atoms with Crippen LogP contribution in [0.1, 0.15) is 34.3 Å². The number of carbonyl (C=O) groups is 1. The van der Waals surface area contributed by atoms with E-state index in [1.54, 1.807) is 4.90 Å². The van der Waals surface area contributed by atoms with Gasteiger partial charge in [-0.3, -0.25) is 4.79 Å². The molecule has 4 unspecified atom stereocenters. The first-order valence-corrected chi connectivity index (χ1v) is 9.78. The van der Waals surface area contributed by atoms with E-state index in [9.17, 15) is 15.0 Å². The Morgan fingerprint density at radius 3 is 2.46 bits per heavy atom. The van der Waals surface area contributed by atoms with Gasteiger partial charge in [-0.1, -0.05) is 41.4 Å². The minimum Gasteiger partial charge on any atom is -0.507 e. The third-order valence-corrected chi connectivity index (χ3v) is 6.03. The molecule has 2 heterocycles. The fourth-order valence-corrected chi connectivity index (χ4v) is 4.74. The lowest BCUT2D eigenvalue weighted by atomic mass is 9.82. The molecule has 1 amide bonds. The van der Waals surface area contributed by atoms with Crippen LogP contribution in [0.15, 0.2) is 36.4 Å². The molecule has 4 rings (SSSR count). The van der Waals surface area contributed by atoms with Crippen molar-refractivity contribution < 1.29 is 15.0 Å². The van der Waals surface area contributed by atoms with Crippen LogP contribution in [-0.2, 0) is 4.79 Å². The number of phenols is 1. The number of rotatable bonds is 4. The predicted octanol–water partition coefficient (Wildman–Crippen LogP) is 2.37. The molecule has 0 aliphatic carbocycles. The zero-order chi connectivity index (χ0) is 20.0. The van der Waals surface area contributed by atoms with Crippen LogP contribution in [0.2, 0.25) is 5.02 Å². The Labute approximate surface area is 169 Å². The molecule has 2 aromatic carbocycles. The minimum atomic E-state index is -0.433. The molecule has 2 aliphatic rings. The second-order valence-electron chi connectivity index (χ2n) is 7.59. The highest BCUT2D eigenvalue weighted by Gasteiger charge is 2.55. The molecule has 0 spiro atoms. The number of amides is 1. The average Bonchev–Trinajstić information content (AvgIpc) is 3.19. The number of likely N-dealkylation sites (tertiary alicyclic amines) is 1. The van der Waals surface area contributed by atoms with Gasteiger partial charge < -0.3 is 15.1 Å². The first kappa shape index (κ1) is 19.2. The largest absolute Gasteiger partial charge is 0.507 e. The van der Waals surface area contributed by atoms with Crippen LogP contribution in [0.25, 0.3) is 0 Å². The lowest BCUT2D eigenvalue weighted by molar-refractivity contribution is -0.131. The van der Waals surface area contributed by atoms with Gasteiger partial charge in [0.05, 0.1) is 18.7 Å². The Balaban J connectivity index is 1.81. The second-order valence-corrected chi connectivity index (χ2v) is 8.03. The van der Waals surface area contributed by atoms with Crippen molar-refractivity contribution in [2.75, 3.05) is 13.2 Å². The highest BCUT2D eigenvalue weighted by atomic mass is 35.5. The van der Waals surface area contributed by atoms with Crippen molar-refractivity contribution in [3.05, 3.63) is 63.7 Å². The van der Waals surface area contributed by atoms with Crippen molar-refractivity contribution in [1.29, 1.82) is 0 Å². The van der Waals surface area contributed by atoms with Crippen LogP contribution in [-0.4, -0.2) is 40.2 Å². The highest BCUT2D eigenvalue weighted by molar-refractivity contribution is 6.30. The molecule has 4 N–H and O–H groups in total. The molecule has 6 nitrogen and oxygen atoms in total. The second kappa shape index (κ2) is 7.37. The maximum absolute atomic E-state index is 13.0. The Bertz CT molecular complexity index is 903. The predicted molar refractivity (Wildman–Crippen MR) is 107 cm³/mol. The van der Waals surface area contributed by atoms with Gasteiger partial charge in [0.2, 0.25) is 5.91 Å². The van der Waals surface area contributed by atoms with E-state index in [-0.39, 0.29) is 42.8 Å². The fourth-order valence-electron chi connectivity index (χ4n) is 4.61. The van der Waals surface area contributed by atoms with Crippen molar-refractivity contribution in [1.82, 2.24) is 15.8 Å². The maximum atomic E-state index is 13.0. The molecule has 2 aromatic rings. The molecular formula is C21H24ClN3O3. The molecule has 2 fully saturated rings. The molecule has 28 heavy (non-hydrogen) atoms. The molecule has 0 saturated carbocycles. The monoisotopic (exact) mass is 401 g/mol. The number of aliphatic hydroxyl groups excluding tert-OH is 1. The number of aryl methyl sites for hydroxylation is 2. The Morgan fingerprint density at radius 2 is 1.79 bits per heavy atom. The maximum Gasteiger partial charge on any atom is 0.242 e. The number of benzene rings is 2. The van der Waals surface area contributed by atoms with E-state index < -0.39 is 6.04 Å². The van der Waals surface area contributed by atoms with Crippen molar-refractivity contribution in [2.45, 2.75) is 32.0 Å². The summed E-state index contributed by atoms with van der Waals surface area (Å²) >= 11 is 6.06. The van der Waals surface area contributed by atoms with E-state index >= 15 is 0 Å². The van der Waals surface area contributed by atoms with Crippen LogP contribution >= 0.6 is 11.6 Å². The number of halogens is 1. The summed E-state index contributed by atoms with van der Waals surface area (Å²) in [6.07, 6.45) is 0. The van der Waals surface area contributed by atoms with Gasteiger partial charge in [0, 0.05) is 23.0 Å². The number of nitrogens with one attached hydrogen (secondary N) is 2. The number of fused-ring (bicyclic) bond motifs is 1. The van der Waals surface area contributed by atoms with Gasteiger partial charge in [-0.25, -0.2) is 10.9 Å². The third kappa shape index (κ3) is 3.06. The first-order chi connectivity index (χ1) is 13.4. The van der Waals surface area contributed by atoms with Crippen LogP contribution in [0, 0.1) is 19.8 Å². The van der Waals surface area contributed by atoms with Gasteiger partial charge in [0.1, 0.15) is 11.8 Å². The number of aromatic hydroxyl groups is 1. The topological polar surface area (TPSA) is 84.8 Å². The van der Waals surface area contributed by atoms with Gasteiger partial charge in [-0.05, 0) is 37.1 Å².